The van der Waals surface area contributed by atoms with Crippen molar-refractivity contribution in [2.75, 3.05) is 13.2 Å². The van der Waals surface area contributed by atoms with Gasteiger partial charge in [0.15, 0.2) is 6.29 Å². The number of hydrogen-bond acceptors (Lipinski definition) is 2. The van der Waals surface area contributed by atoms with Crippen LogP contribution >= 0.6 is 0 Å². The summed E-state index contributed by atoms with van der Waals surface area (Å²) in [5.74, 6) is 0.682. The van der Waals surface area contributed by atoms with E-state index >= 15 is 0 Å². The van der Waals surface area contributed by atoms with Crippen LogP contribution in [0, 0.1) is 5.92 Å². The Morgan fingerprint density at radius 1 is 1.55 bits per heavy atom. The monoisotopic (exact) mass is 158 g/mol. The molecule has 1 fully saturated rings. The first kappa shape index (κ1) is 9.01. The van der Waals surface area contributed by atoms with E-state index in [2.05, 4.69) is 13.8 Å². The zero-order valence-electron chi connectivity index (χ0n) is 7.51. The van der Waals surface area contributed by atoms with E-state index < -0.39 is 0 Å². The molecule has 1 saturated heterocycles. The van der Waals surface area contributed by atoms with E-state index in [0.717, 1.165) is 26.1 Å². The van der Waals surface area contributed by atoms with E-state index in [1.807, 2.05) is 0 Å². The van der Waals surface area contributed by atoms with Crippen LogP contribution in [0.15, 0.2) is 0 Å². The molecule has 0 radical (unpaired) electrons. The molecule has 0 saturated carbocycles. The van der Waals surface area contributed by atoms with Crippen LogP contribution in [0.5, 0.6) is 0 Å². The van der Waals surface area contributed by atoms with Crippen molar-refractivity contribution in [3.8, 4) is 0 Å². The van der Waals surface area contributed by atoms with Gasteiger partial charge in [0.25, 0.3) is 0 Å². The van der Waals surface area contributed by atoms with Gasteiger partial charge in [-0.1, -0.05) is 20.3 Å². The third kappa shape index (κ3) is 3.21. The SMILES string of the molecule is CCCCOC1CC(C)CO1. The van der Waals surface area contributed by atoms with Crippen molar-refractivity contribution in [2.45, 2.75) is 39.4 Å². The fraction of sp³-hybridized carbons (Fsp3) is 1.00. The standard InChI is InChI=1S/C9H18O2/c1-3-4-5-10-9-6-8(2)7-11-9/h8-9H,3-7H2,1-2H3. The molecule has 2 nitrogen and oxygen atoms in total. The Labute approximate surface area is 68.9 Å². The predicted octanol–water partition coefficient (Wildman–Crippen LogP) is 2.19. The highest BCUT2D eigenvalue weighted by Crippen LogP contribution is 2.19. The van der Waals surface area contributed by atoms with E-state index in [-0.39, 0.29) is 6.29 Å². The Bertz CT molecular complexity index is 104. The summed E-state index contributed by atoms with van der Waals surface area (Å²) in [6.45, 7) is 6.09. The van der Waals surface area contributed by atoms with E-state index in [1.54, 1.807) is 0 Å². The highest BCUT2D eigenvalue weighted by molar-refractivity contribution is 4.62. The third-order valence-corrected chi connectivity index (χ3v) is 1.96. The molecule has 0 spiro atoms. The fourth-order valence-electron chi connectivity index (χ4n) is 1.21. The molecule has 2 unspecified atom stereocenters. The number of hydrogen-bond donors (Lipinski definition) is 0. The van der Waals surface area contributed by atoms with Crippen LogP contribution < -0.4 is 0 Å². The Hall–Kier alpha value is -0.0800. The van der Waals surface area contributed by atoms with Crippen molar-refractivity contribution in [1.82, 2.24) is 0 Å². The number of ether oxygens (including phenoxy) is 2. The lowest BCUT2D eigenvalue weighted by atomic mass is 10.1. The van der Waals surface area contributed by atoms with E-state index in [9.17, 15) is 0 Å². The molecule has 2 heteroatoms. The van der Waals surface area contributed by atoms with E-state index in [4.69, 9.17) is 9.47 Å². The van der Waals surface area contributed by atoms with Crippen molar-refractivity contribution >= 4 is 0 Å². The van der Waals surface area contributed by atoms with Gasteiger partial charge >= 0.3 is 0 Å². The van der Waals surface area contributed by atoms with Crippen molar-refractivity contribution in [3.05, 3.63) is 0 Å². The van der Waals surface area contributed by atoms with Crippen molar-refractivity contribution in [3.63, 3.8) is 0 Å². The van der Waals surface area contributed by atoms with Crippen LogP contribution in [-0.2, 0) is 9.47 Å². The maximum absolute atomic E-state index is 5.49. The maximum Gasteiger partial charge on any atom is 0.157 e. The first-order valence-electron chi connectivity index (χ1n) is 4.56. The molecule has 2 atom stereocenters. The zero-order valence-corrected chi connectivity index (χ0v) is 7.51. The van der Waals surface area contributed by atoms with Gasteiger partial charge < -0.3 is 9.47 Å². The van der Waals surface area contributed by atoms with Gasteiger partial charge in [-0.3, -0.25) is 0 Å². The summed E-state index contributed by atoms with van der Waals surface area (Å²) in [5, 5.41) is 0. The zero-order chi connectivity index (χ0) is 8.10. The highest BCUT2D eigenvalue weighted by atomic mass is 16.7. The minimum atomic E-state index is 0.0940. The average molecular weight is 158 g/mol. The predicted molar refractivity (Wildman–Crippen MR) is 44.4 cm³/mol. The normalized spacial score (nSPS) is 31.1. The third-order valence-electron chi connectivity index (χ3n) is 1.96. The lowest BCUT2D eigenvalue weighted by Gasteiger charge is -2.09. The molecule has 1 aliphatic heterocycles. The second-order valence-corrected chi connectivity index (χ2v) is 3.33. The van der Waals surface area contributed by atoms with Gasteiger partial charge in [-0.2, -0.15) is 0 Å². The van der Waals surface area contributed by atoms with Gasteiger partial charge in [0.2, 0.25) is 0 Å². The molecule has 0 aromatic carbocycles. The minimum absolute atomic E-state index is 0.0940. The lowest BCUT2D eigenvalue weighted by Crippen LogP contribution is -2.11. The van der Waals surface area contributed by atoms with Crippen LogP contribution in [-0.4, -0.2) is 19.5 Å². The molecule has 0 amide bonds. The van der Waals surface area contributed by atoms with Gasteiger partial charge in [0.1, 0.15) is 0 Å². The average Bonchev–Trinajstić information content (AvgIpc) is 2.37. The quantitative estimate of drug-likeness (QED) is 0.584. The van der Waals surface area contributed by atoms with Crippen LogP contribution in [0.1, 0.15) is 33.1 Å². The Morgan fingerprint density at radius 3 is 2.91 bits per heavy atom. The molecule has 0 aliphatic carbocycles. The highest BCUT2D eigenvalue weighted by Gasteiger charge is 2.21. The molecule has 66 valence electrons. The van der Waals surface area contributed by atoms with Gasteiger partial charge in [0, 0.05) is 13.0 Å². The summed E-state index contributed by atoms with van der Waals surface area (Å²) in [4.78, 5) is 0. The van der Waals surface area contributed by atoms with Crippen molar-refractivity contribution in [2.24, 2.45) is 5.92 Å². The molecule has 1 heterocycles. The van der Waals surface area contributed by atoms with E-state index in [0.29, 0.717) is 5.92 Å². The Kier molecular flexibility index (Phi) is 3.87. The summed E-state index contributed by atoms with van der Waals surface area (Å²) in [7, 11) is 0. The van der Waals surface area contributed by atoms with Gasteiger partial charge in [-0.15, -0.1) is 0 Å². The van der Waals surface area contributed by atoms with Crippen LogP contribution in [0.4, 0.5) is 0 Å². The topological polar surface area (TPSA) is 18.5 Å². The molecule has 1 rings (SSSR count). The van der Waals surface area contributed by atoms with Crippen LogP contribution in [0.25, 0.3) is 0 Å². The van der Waals surface area contributed by atoms with Gasteiger partial charge in [0.05, 0.1) is 6.61 Å². The Morgan fingerprint density at radius 2 is 2.36 bits per heavy atom. The second kappa shape index (κ2) is 4.73. The number of rotatable bonds is 4. The molecule has 0 N–H and O–H groups in total. The van der Waals surface area contributed by atoms with Crippen molar-refractivity contribution in [1.29, 1.82) is 0 Å². The van der Waals surface area contributed by atoms with E-state index in [1.165, 1.54) is 6.42 Å². The van der Waals surface area contributed by atoms with Gasteiger partial charge in [-0.05, 0) is 12.3 Å². The van der Waals surface area contributed by atoms with Gasteiger partial charge in [-0.25, -0.2) is 0 Å². The molecule has 11 heavy (non-hydrogen) atoms. The smallest absolute Gasteiger partial charge is 0.157 e. The molecule has 0 bridgehead atoms. The molecule has 1 aliphatic rings. The molecular weight excluding hydrogens is 140 g/mol. The Balaban J connectivity index is 1.99. The fourth-order valence-corrected chi connectivity index (χ4v) is 1.21. The summed E-state index contributed by atoms with van der Waals surface area (Å²) in [5.41, 5.74) is 0. The summed E-state index contributed by atoms with van der Waals surface area (Å²) >= 11 is 0. The summed E-state index contributed by atoms with van der Waals surface area (Å²) in [6, 6.07) is 0. The summed E-state index contributed by atoms with van der Waals surface area (Å²) in [6.07, 6.45) is 3.51. The maximum atomic E-state index is 5.49. The van der Waals surface area contributed by atoms with Crippen molar-refractivity contribution < 1.29 is 9.47 Å². The first-order chi connectivity index (χ1) is 5.33. The lowest BCUT2D eigenvalue weighted by molar-refractivity contribution is -0.111. The first-order valence-corrected chi connectivity index (χ1v) is 4.56. The number of unbranched alkanes of at least 4 members (excludes halogenated alkanes) is 1. The van der Waals surface area contributed by atoms with Crippen LogP contribution in [0.2, 0.25) is 0 Å². The van der Waals surface area contributed by atoms with Crippen LogP contribution in [0.3, 0.4) is 0 Å². The molecule has 0 aromatic rings. The minimum Gasteiger partial charge on any atom is -0.353 e. The molecule has 0 aromatic heterocycles. The largest absolute Gasteiger partial charge is 0.353 e. The molecular formula is C9H18O2. The summed E-state index contributed by atoms with van der Waals surface area (Å²) < 4.78 is 10.9. The second-order valence-electron chi connectivity index (χ2n) is 3.33.